The van der Waals surface area contributed by atoms with Crippen LogP contribution < -0.4 is 19.5 Å². The van der Waals surface area contributed by atoms with Gasteiger partial charge in [-0.1, -0.05) is 11.6 Å². The van der Waals surface area contributed by atoms with Crippen molar-refractivity contribution in [2.75, 3.05) is 27.1 Å². The van der Waals surface area contributed by atoms with E-state index in [1.54, 1.807) is 33.1 Å². The summed E-state index contributed by atoms with van der Waals surface area (Å²) in [7, 11) is 4.69. The smallest absolute Gasteiger partial charge is 0.220 e. The molecule has 0 aliphatic carbocycles. The summed E-state index contributed by atoms with van der Waals surface area (Å²) in [5.41, 5.74) is 0.883. The van der Waals surface area contributed by atoms with Gasteiger partial charge in [0.25, 0.3) is 0 Å². The van der Waals surface area contributed by atoms with Gasteiger partial charge in [-0.3, -0.25) is 4.79 Å². The first-order valence-corrected chi connectivity index (χ1v) is 9.87. The summed E-state index contributed by atoms with van der Waals surface area (Å²) in [4.78, 5) is 13.2. The standard InChI is InChI=1S/C20H24ClNO4S/c1-24-17-11-14(12-18(25-2)20(17)26-3)13-22-19(23)5-4-10-27-16-8-6-15(21)7-9-16/h6-9,11-12H,4-5,10,13H2,1-3H3,(H,22,23). The SMILES string of the molecule is COc1cc(CNC(=O)CCCSc2ccc(Cl)cc2)cc(OC)c1OC. The molecule has 7 heteroatoms. The molecule has 0 spiro atoms. The Morgan fingerprint density at radius 2 is 1.67 bits per heavy atom. The van der Waals surface area contributed by atoms with E-state index >= 15 is 0 Å². The number of thioether (sulfide) groups is 1. The number of methoxy groups -OCH3 is 3. The van der Waals surface area contributed by atoms with Crippen molar-refractivity contribution in [2.45, 2.75) is 24.3 Å². The van der Waals surface area contributed by atoms with Gasteiger partial charge in [0.1, 0.15) is 0 Å². The molecule has 0 fully saturated rings. The van der Waals surface area contributed by atoms with Gasteiger partial charge in [0.05, 0.1) is 21.3 Å². The fourth-order valence-electron chi connectivity index (χ4n) is 2.48. The average Bonchev–Trinajstić information content (AvgIpc) is 2.70. The van der Waals surface area contributed by atoms with Gasteiger partial charge in [-0.25, -0.2) is 0 Å². The van der Waals surface area contributed by atoms with E-state index in [0.717, 1.165) is 27.7 Å². The van der Waals surface area contributed by atoms with E-state index < -0.39 is 0 Å². The van der Waals surface area contributed by atoms with Gasteiger partial charge in [0.15, 0.2) is 11.5 Å². The minimum absolute atomic E-state index is 0.0143. The topological polar surface area (TPSA) is 56.8 Å². The van der Waals surface area contributed by atoms with Crippen molar-refractivity contribution in [3.05, 3.63) is 47.0 Å². The maximum Gasteiger partial charge on any atom is 0.220 e. The van der Waals surface area contributed by atoms with Crippen molar-refractivity contribution in [3.8, 4) is 17.2 Å². The molecular weight excluding hydrogens is 386 g/mol. The lowest BCUT2D eigenvalue weighted by molar-refractivity contribution is -0.121. The molecule has 0 saturated heterocycles. The number of amides is 1. The van der Waals surface area contributed by atoms with E-state index in [2.05, 4.69) is 5.32 Å². The molecule has 2 aromatic carbocycles. The van der Waals surface area contributed by atoms with Crippen LogP contribution in [0, 0.1) is 0 Å². The van der Waals surface area contributed by atoms with Crippen LogP contribution in [-0.2, 0) is 11.3 Å². The van der Waals surface area contributed by atoms with E-state index in [-0.39, 0.29) is 5.91 Å². The second-order valence-electron chi connectivity index (χ2n) is 5.72. The summed E-state index contributed by atoms with van der Waals surface area (Å²) in [5.74, 6) is 2.56. The van der Waals surface area contributed by atoms with Crippen LogP contribution in [0.15, 0.2) is 41.3 Å². The largest absolute Gasteiger partial charge is 0.493 e. The zero-order valence-corrected chi connectivity index (χ0v) is 17.3. The third kappa shape index (κ3) is 6.56. The number of nitrogens with one attached hydrogen (secondary N) is 1. The van der Waals surface area contributed by atoms with Crippen LogP contribution in [0.3, 0.4) is 0 Å². The lowest BCUT2D eigenvalue weighted by Crippen LogP contribution is -2.22. The van der Waals surface area contributed by atoms with Gasteiger partial charge in [-0.15, -0.1) is 11.8 Å². The third-order valence-corrected chi connectivity index (χ3v) is 5.20. The Bertz CT molecular complexity index is 727. The van der Waals surface area contributed by atoms with Crippen molar-refractivity contribution in [2.24, 2.45) is 0 Å². The number of rotatable bonds is 10. The van der Waals surface area contributed by atoms with E-state index in [1.807, 2.05) is 36.4 Å². The maximum atomic E-state index is 12.1. The molecule has 0 saturated carbocycles. The van der Waals surface area contributed by atoms with E-state index in [4.69, 9.17) is 25.8 Å². The van der Waals surface area contributed by atoms with Gasteiger partial charge in [0, 0.05) is 22.9 Å². The van der Waals surface area contributed by atoms with Crippen LogP contribution >= 0.6 is 23.4 Å². The Hall–Kier alpha value is -2.05. The zero-order chi connectivity index (χ0) is 19.6. The van der Waals surface area contributed by atoms with Gasteiger partial charge >= 0.3 is 0 Å². The molecule has 0 atom stereocenters. The highest BCUT2D eigenvalue weighted by molar-refractivity contribution is 7.99. The molecule has 0 aromatic heterocycles. The molecule has 5 nitrogen and oxygen atoms in total. The minimum Gasteiger partial charge on any atom is -0.493 e. The second-order valence-corrected chi connectivity index (χ2v) is 7.32. The van der Waals surface area contributed by atoms with Crippen molar-refractivity contribution in [3.63, 3.8) is 0 Å². The van der Waals surface area contributed by atoms with Crippen LogP contribution in [0.1, 0.15) is 18.4 Å². The van der Waals surface area contributed by atoms with Crippen LogP contribution in [0.5, 0.6) is 17.2 Å². The second kappa shape index (κ2) is 10.9. The molecule has 0 aliphatic heterocycles. The zero-order valence-electron chi connectivity index (χ0n) is 15.7. The van der Waals surface area contributed by atoms with Crippen molar-refractivity contribution in [1.29, 1.82) is 0 Å². The number of benzene rings is 2. The van der Waals surface area contributed by atoms with E-state index in [0.29, 0.717) is 30.2 Å². The highest BCUT2D eigenvalue weighted by atomic mass is 35.5. The molecule has 27 heavy (non-hydrogen) atoms. The number of carbonyl (C=O) groups is 1. The molecule has 0 unspecified atom stereocenters. The Balaban J connectivity index is 1.78. The molecular formula is C20H24ClNO4S. The maximum absolute atomic E-state index is 12.1. The van der Waals surface area contributed by atoms with Crippen LogP contribution in [0.4, 0.5) is 0 Å². The van der Waals surface area contributed by atoms with E-state index in [9.17, 15) is 4.79 Å². The molecule has 0 bridgehead atoms. The van der Waals surface area contributed by atoms with Crippen LogP contribution in [0.2, 0.25) is 5.02 Å². The fourth-order valence-corrected chi connectivity index (χ4v) is 3.46. The van der Waals surface area contributed by atoms with Crippen LogP contribution in [-0.4, -0.2) is 33.0 Å². The Kier molecular flexibility index (Phi) is 8.61. The molecule has 2 aromatic rings. The van der Waals surface area contributed by atoms with Crippen molar-refractivity contribution < 1.29 is 19.0 Å². The summed E-state index contributed by atoms with van der Waals surface area (Å²) in [6.45, 7) is 0.403. The molecule has 0 radical (unpaired) electrons. The first kappa shape index (κ1) is 21.3. The van der Waals surface area contributed by atoms with Crippen molar-refractivity contribution in [1.82, 2.24) is 5.32 Å². The Morgan fingerprint density at radius 3 is 2.22 bits per heavy atom. The summed E-state index contributed by atoms with van der Waals surface area (Å²) in [5, 5.41) is 3.65. The van der Waals surface area contributed by atoms with Gasteiger partial charge < -0.3 is 19.5 Å². The van der Waals surface area contributed by atoms with Crippen LogP contribution in [0.25, 0.3) is 0 Å². The highest BCUT2D eigenvalue weighted by Gasteiger charge is 2.13. The molecule has 2 rings (SSSR count). The third-order valence-electron chi connectivity index (χ3n) is 3.84. The number of ether oxygens (including phenoxy) is 3. The monoisotopic (exact) mass is 409 g/mol. The summed E-state index contributed by atoms with van der Waals surface area (Å²) in [6.07, 6.45) is 1.28. The lowest BCUT2D eigenvalue weighted by Gasteiger charge is -2.14. The molecule has 1 N–H and O–H groups in total. The predicted octanol–water partition coefficient (Wildman–Crippen LogP) is 4.55. The normalized spacial score (nSPS) is 10.4. The number of hydrogen-bond acceptors (Lipinski definition) is 5. The predicted molar refractivity (Wildman–Crippen MR) is 109 cm³/mol. The highest BCUT2D eigenvalue weighted by Crippen LogP contribution is 2.38. The first-order valence-electron chi connectivity index (χ1n) is 8.51. The average molecular weight is 410 g/mol. The Morgan fingerprint density at radius 1 is 1.04 bits per heavy atom. The fraction of sp³-hybridized carbons (Fsp3) is 0.350. The molecule has 146 valence electrons. The van der Waals surface area contributed by atoms with E-state index in [1.165, 1.54) is 0 Å². The quantitative estimate of drug-likeness (QED) is 0.460. The van der Waals surface area contributed by atoms with Crippen molar-refractivity contribution >= 4 is 29.3 Å². The molecule has 0 aliphatic rings. The minimum atomic E-state index is 0.0143. The number of carbonyl (C=O) groups excluding carboxylic acids is 1. The molecule has 0 heterocycles. The number of hydrogen-bond donors (Lipinski definition) is 1. The lowest BCUT2D eigenvalue weighted by atomic mass is 10.1. The van der Waals surface area contributed by atoms with Gasteiger partial charge in [-0.05, 0) is 54.1 Å². The summed E-state index contributed by atoms with van der Waals surface area (Å²) < 4.78 is 16.0. The summed E-state index contributed by atoms with van der Waals surface area (Å²) in [6, 6.07) is 11.4. The molecule has 1 amide bonds. The first-order chi connectivity index (χ1) is 13.1. The Labute approximate surface area is 169 Å². The van der Waals surface area contributed by atoms with Gasteiger partial charge in [-0.2, -0.15) is 0 Å². The number of halogens is 1. The van der Waals surface area contributed by atoms with Gasteiger partial charge in [0.2, 0.25) is 11.7 Å². The summed E-state index contributed by atoms with van der Waals surface area (Å²) >= 11 is 7.58.